The molecule has 1 amide bonds. The van der Waals surface area contributed by atoms with Crippen LogP contribution < -0.4 is 5.32 Å². The van der Waals surface area contributed by atoms with Gasteiger partial charge in [-0.2, -0.15) is 5.26 Å². The van der Waals surface area contributed by atoms with E-state index in [1.54, 1.807) is 17.0 Å². The Morgan fingerprint density at radius 2 is 2.48 bits per heavy atom. The Morgan fingerprint density at radius 1 is 1.67 bits per heavy atom. The van der Waals surface area contributed by atoms with Crippen LogP contribution in [-0.4, -0.2) is 48.1 Å². The molecule has 7 heteroatoms. The molecule has 0 bridgehead atoms. The van der Waals surface area contributed by atoms with E-state index < -0.39 is 6.10 Å². The summed E-state index contributed by atoms with van der Waals surface area (Å²) in [4.78, 5) is 18.3. The summed E-state index contributed by atoms with van der Waals surface area (Å²) in [5, 5.41) is 12.3. The molecule has 0 saturated carbocycles. The molecule has 1 N–H and O–H groups in total. The van der Waals surface area contributed by atoms with E-state index in [0.29, 0.717) is 24.0 Å². The Kier molecular flexibility index (Phi) is 5.37. The number of ether oxygens (including phenoxy) is 1. The molecule has 6 nitrogen and oxygen atoms in total. The Morgan fingerprint density at radius 3 is 3.19 bits per heavy atom. The number of aromatic nitrogens is 1. The summed E-state index contributed by atoms with van der Waals surface area (Å²) in [6.07, 6.45) is 0.365. The van der Waals surface area contributed by atoms with Gasteiger partial charge in [-0.3, -0.25) is 4.79 Å². The highest BCUT2D eigenvalue weighted by Crippen LogP contribution is 2.19. The molecule has 0 radical (unpaired) electrons. The third kappa shape index (κ3) is 3.84. The molecule has 21 heavy (non-hydrogen) atoms. The Labute approximate surface area is 128 Å². The lowest BCUT2D eigenvalue weighted by molar-refractivity contribution is 0.00321. The van der Waals surface area contributed by atoms with Gasteiger partial charge in [0, 0.05) is 13.1 Å². The number of carbonyl (C=O) groups is 1. The molecule has 1 fully saturated rings. The predicted octanol–water partition coefficient (Wildman–Crippen LogP) is 1.92. The number of nitriles is 1. The van der Waals surface area contributed by atoms with Gasteiger partial charge in [0.15, 0.2) is 6.10 Å². The van der Waals surface area contributed by atoms with Gasteiger partial charge >= 0.3 is 0 Å². The van der Waals surface area contributed by atoms with Crippen LogP contribution in [0.15, 0.2) is 12.1 Å². The van der Waals surface area contributed by atoms with Crippen molar-refractivity contribution in [1.29, 1.82) is 5.26 Å². The zero-order chi connectivity index (χ0) is 15.2. The third-order valence-electron chi connectivity index (χ3n) is 3.10. The number of halogens is 1. The average molecular weight is 309 g/mol. The molecule has 112 valence electrons. The highest BCUT2D eigenvalue weighted by molar-refractivity contribution is 6.33. The monoisotopic (exact) mass is 308 g/mol. The molecule has 0 aromatic carbocycles. The summed E-state index contributed by atoms with van der Waals surface area (Å²) in [5.74, 6) is 0.346. The van der Waals surface area contributed by atoms with E-state index in [2.05, 4.69) is 10.3 Å². The first-order valence-electron chi connectivity index (χ1n) is 6.86. The topological polar surface area (TPSA) is 78.3 Å². The van der Waals surface area contributed by atoms with Gasteiger partial charge in [0.2, 0.25) is 0 Å². The van der Waals surface area contributed by atoms with Crippen LogP contribution >= 0.6 is 11.6 Å². The van der Waals surface area contributed by atoms with E-state index in [-0.39, 0.29) is 18.1 Å². The third-order valence-corrected chi connectivity index (χ3v) is 3.41. The van der Waals surface area contributed by atoms with Gasteiger partial charge < -0.3 is 15.0 Å². The van der Waals surface area contributed by atoms with Crippen LogP contribution in [0.2, 0.25) is 5.02 Å². The van der Waals surface area contributed by atoms with Gasteiger partial charge in [-0.1, -0.05) is 18.5 Å². The zero-order valence-electron chi connectivity index (χ0n) is 11.8. The summed E-state index contributed by atoms with van der Waals surface area (Å²) in [7, 11) is 0. The summed E-state index contributed by atoms with van der Waals surface area (Å²) in [6, 6.07) is 5.41. The Hall–Kier alpha value is -1.84. The second-order valence-corrected chi connectivity index (χ2v) is 5.10. The van der Waals surface area contributed by atoms with Crippen molar-refractivity contribution in [3.63, 3.8) is 0 Å². The minimum Gasteiger partial charge on any atom is -0.370 e. The SMILES string of the molecule is CCCNc1ccc(Cl)c(C(=O)N2CCOC(C#N)C2)n1. The van der Waals surface area contributed by atoms with Crippen LogP contribution in [0.5, 0.6) is 0 Å². The van der Waals surface area contributed by atoms with Crippen molar-refractivity contribution in [2.75, 3.05) is 31.6 Å². The van der Waals surface area contributed by atoms with E-state index in [0.717, 1.165) is 13.0 Å². The van der Waals surface area contributed by atoms with E-state index in [4.69, 9.17) is 21.6 Å². The molecule has 1 saturated heterocycles. The molecule has 1 unspecified atom stereocenters. The van der Waals surface area contributed by atoms with E-state index in [1.165, 1.54) is 0 Å². The minimum absolute atomic E-state index is 0.205. The van der Waals surface area contributed by atoms with Crippen LogP contribution in [0, 0.1) is 11.3 Å². The van der Waals surface area contributed by atoms with Crippen LogP contribution in [0.3, 0.4) is 0 Å². The number of hydrogen-bond donors (Lipinski definition) is 1. The van der Waals surface area contributed by atoms with Gasteiger partial charge in [0.1, 0.15) is 11.5 Å². The first-order valence-corrected chi connectivity index (χ1v) is 7.24. The van der Waals surface area contributed by atoms with Crippen molar-refractivity contribution in [3.05, 3.63) is 22.8 Å². The van der Waals surface area contributed by atoms with Crippen LogP contribution in [-0.2, 0) is 4.74 Å². The standard InChI is InChI=1S/C14H17ClN4O2/c1-2-5-17-12-4-3-11(15)13(18-12)14(20)19-6-7-21-10(8-16)9-19/h3-4,10H,2,5-7,9H2,1H3,(H,17,18). The first kappa shape index (κ1) is 15.5. The molecular formula is C14H17ClN4O2. The average Bonchev–Trinajstić information content (AvgIpc) is 2.53. The smallest absolute Gasteiger partial charge is 0.274 e. The van der Waals surface area contributed by atoms with Crippen molar-refractivity contribution in [3.8, 4) is 6.07 Å². The van der Waals surface area contributed by atoms with Gasteiger partial charge in [0.25, 0.3) is 5.91 Å². The molecule has 1 aliphatic rings. The first-order chi connectivity index (χ1) is 10.2. The van der Waals surface area contributed by atoms with E-state index in [1.807, 2.05) is 13.0 Å². The maximum atomic E-state index is 12.5. The molecule has 1 atom stereocenters. The lowest BCUT2D eigenvalue weighted by Gasteiger charge is -2.29. The largest absolute Gasteiger partial charge is 0.370 e. The molecule has 1 aromatic rings. The lowest BCUT2D eigenvalue weighted by atomic mass is 10.2. The maximum Gasteiger partial charge on any atom is 0.274 e. The number of anilines is 1. The fraction of sp³-hybridized carbons (Fsp3) is 0.500. The maximum absolute atomic E-state index is 12.5. The molecule has 2 heterocycles. The Balaban J connectivity index is 2.16. The highest BCUT2D eigenvalue weighted by atomic mass is 35.5. The second kappa shape index (κ2) is 7.25. The Bertz CT molecular complexity index is 558. The number of nitrogens with zero attached hydrogens (tertiary/aromatic N) is 3. The number of rotatable bonds is 4. The normalized spacial score (nSPS) is 18.1. The van der Waals surface area contributed by atoms with Gasteiger partial charge in [-0.05, 0) is 18.6 Å². The number of morpholine rings is 1. The number of amides is 1. The fourth-order valence-electron chi connectivity index (χ4n) is 2.01. The molecule has 0 aliphatic carbocycles. The molecule has 1 aromatic heterocycles. The summed E-state index contributed by atoms with van der Waals surface area (Å²) < 4.78 is 5.23. The summed E-state index contributed by atoms with van der Waals surface area (Å²) >= 11 is 6.08. The molecule has 1 aliphatic heterocycles. The van der Waals surface area contributed by atoms with Gasteiger partial charge in [-0.25, -0.2) is 4.98 Å². The highest BCUT2D eigenvalue weighted by Gasteiger charge is 2.27. The number of nitrogens with one attached hydrogen (secondary N) is 1. The molecule has 0 spiro atoms. The van der Waals surface area contributed by atoms with Crippen molar-refractivity contribution >= 4 is 23.3 Å². The van der Waals surface area contributed by atoms with Gasteiger partial charge in [-0.15, -0.1) is 0 Å². The molecular weight excluding hydrogens is 292 g/mol. The predicted molar refractivity (Wildman–Crippen MR) is 79.3 cm³/mol. The van der Waals surface area contributed by atoms with E-state index >= 15 is 0 Å². The second-order valence-electron chi connectivity index (χ2n) is 4.69. The molecule has 2 rings (SSSR count). The quantitative estimate of drug-likeness (QED) is 0.919. The van der Waals surface area contributed by atoms with Crippen molar-refractivity contribution in [2.24, 2.45) is 0 Å². The number of carbonyl (C=O) groups excluding carboxylic acids is 1. The van der Waals surface area contributed by atoms with Crippen molar-refractivity contribution in [1.82, 2.24) is 9.88 Å². The minimum atomic E-state index is -0.595. The number of hydrogen-bond acceptors (Lipinski definition) is 5. The van der Waals surface area contributed by atoms with Crippen LogP contribution in [0.4, 0.5) is 5.82 Å². The summed E-state index contributed by atoms with van der Waals surface area (Å²) in [6.45, 7) is 3.83. The van der Waals surface area contributed by atoms with E-state index in [9.17, 15) is 4.79 Å². The van der Waals surface area contributed by atoms with Crippen LogP contribution in [0.1, 0.15) is 23.8 Å². The fourth-order valence-corrected chi connectivity index (χ4v) is 2.19. The number of pyridine rings is 1. The van der Waals surface area contributed by atoms with Crippen molar-refractivity contribution in [2.45, 2.75) is 19.4 Å². The van der Waals surface area contributed by atoms with Crippen LogP contribution in [0.25, 0.3) is 0 Å². The van der Waals surface area contributed by atoms with Gasteiger partial charge in [0.05, 0.1) is 24.2 Å². The lowest BCUT2D eigenvalue weighted by Crippen LogP contribution is -2.45. The summed E-state index contributed by atoms with van der Waals surface area (Å²) in [5.41, 5.74) is 0.205. The zero-order valence-corrected chi connectivity index (χ0v) is 12.6. The van der Waals surface area contributed by atoms with Crippen molar-refractivity contribution < 1.29 is 9.53 Å².